The molecule has 0 spiro atoms. The number of benzene rings is 1. The number of thiophene rings is 1. The molecule has 0 fully saturated rings. The van der Waals surface area contributed by atoms with Crippen LogP contribution in [-0.4, -0.2) is 21.6 Å². The Labute approximate surface area is 160 Å². The maximum absolute atomic E-state index is 12.3. The first-order valence-electron chi connectivity index (χ1n) is 7.92. The molecule has 0 atom stereocenters. The number of aromatic nitrogens is 2. The SMILES string of the molecule is CCc1cc2c(SCC(=O)Nc3cccc(Cl)c3C)nc(C)nc2s1. The summed E-state index contributed by atoms with van der Waals surface area (Å²) in [6, 6.07) is 7.61. The summed E-state index contributed by atoms with van der Waals surface area (Å²) in [6.45, 7) is 5.89. The molecule has 1 aromatic carbocycles. The summed E-state index contributed by atoms with van der Waals surface area (Å²) in [5, 5.41) is 5.45. The monoisotopic (exact) mass is 391 g/mol. The molecular weight excluding hydrogens is 374 g/mol. The molecular formula is C18H18ClN3OS2. The van der Waals surface area contributed by atoms with E-state index in [2.05, 4.69) is 28.3 Å². The van der Waals surface area contributed by atoms with Gasteiger partial charge in [0, 0.05) is 21.0 Å². The largest absolute Gasteiger partial charge is 0.325 e. The molecule has 130 valence electrons. The first-order valence-corrected chi connectivity index (χ1v) is 10.1. The number of hydrogen-bond donors (Lipinski definition) is 1. The lowest BCUT2D eigenvalue weighted by Gasteiger charge is -2.09. The maximum Gasteiger partial charge on any atom is 0.234 e. The zero-order valence-corrected chi connectivity index (χ0v) is 16.6. The number of nitrogens with zero attached hydrogens (tertiary/aromatic N) is 2. The van der Waals surface area contributed by atoms with E-state index in [1.165, 1.54) is 16.6 Å². The molecule has 2 heterocycles. The van der Waals surface area contributed by atoms with Crippen LogP contribution in [-0.2, 0) is 11.2 Å². The van der Waals surface area contributed by atoms with Crippen LogP contribution in [0.4, 0.5) is 5.69 Å². The summed E-state index contributed by atoms with van der Waals surface area (Å²) in [7, 11) is 0. The number of carbonyl (C=O) groups excluding carboxylic acids is 1. The van der Waals surface area contributed by atoms with E-state index >= 15 is 0 Å². The van der Waals surface area contributed by atoms with E-state index in [0.29, 0.717) is 5.02 Å². The lowest BCUT2D eigenvalue weighted by atomic mass is 10.2. The number of rotatable bonds is 5. The Balaban J connectivity index is 1.75. The molecule has 0 saturated carbocycles. The highest BCUT2D eigenvalue weighted by atomic mass is 35.5. The molecule has 0 saturated heterocycles. The smallest absolute Gasteiger partial charge is 0.234 e. The second kappa shape index (κ2) is 7.72. The molecule has 7 heteroatoms. The van der Waals surface area contributed by atoms with Crippen LogP contribution in [0.15, 0.2) is 29.3 Å². The van der Waals surface area contributed by atoms with Gasteiger partial charge in [-0.3, -0.25) is 4.79 Å². The topological polar surface area (TPSA) is 54.9 Å². The fourth-order valence-electron chi connectivity index (χ4n) is 2.39. The molecule has 0 unspecified atom stereocenters. The summed E-state index contributed by atoms with van der Waals surface area (Å²) in [5.74, 6) is 0.936. The highest BCUT2D eigenvalue weighted by molar-refractivity contribution is 8.00. The molecule has 1 N–H and O–H groups in total. The van der Waals surface area contributed by atoms with E-state index in [9.17, 15) is 4.79 Å². The lowest BCUT2D eigenvalue weighted by Crippen LogP contribution is -2.15. The average Bonchev–Trinajstić information content (AvgIpc) is 3.00. The van der Waals surface area contributed by atoms with Gasteiger partial charge in [0.2, 0.25) is 5.91 Å². The Kier molecular flexibility index (Phi) is 5.61. The van der Waals surface area contributed by atoms with E-state index < -0.39 is 0 Å². The number of amides is 1. The van der Waals surface area contributed by atoms with Crippen molar-refractivity contribution >= 4 is 56.5 Å². The number of anilines is 1. The maximum atomic E-state index is 12.3. The van der Waals surface area contributed by atoms with Crippen LogP contribution in [0.1, 0.15) is 23.2 Å². The van der Waals surface area contributed by atoms with Crippen molar-refractivity contribution in [2.24, 2.45) is 0 Å². The molecule has 2 aromatic heterocycles. The minimum atomic E-state index is -0.0780. The Morgan fingerprint density at radius 2 is 2.12 bits per heavy atom. The number of aryl methyl sites for hydroxylation is 2. The second-order valence-corrected chi connectivity index (χ2v) is 8.10. The standard InChI is InChI=1S/C18H18ClN3OS2/c1-4-12-8-13-17(20-11(3)21-18(13)25-12)24-9-16(23)22-15-7-5-6-14(19)10(15)2/h5-8H,4,9H2,1-3H3,(H,22,23). The number of carbonyl (C=O) groups is 1. The van der Waals surface area contributed by atoms with Gasteiger partial charge in [0.25, 0.3) is 0 Å². The van der Waals surface area contributed by atoms with E-state index in [0.717, 1.165) is 38.7 Å². The molecule has 4 nitrogen and oxygen atoms in total. The van der Waals surface area contributed by atoms with Gasteiger partial charge in [-0.15, -0.1) is 11.3 Å². The summed E-state index contributed by atoms with van der Waals surface area (Å²) < 4.78 is 0. The quantitative estimate of drug-likeness (QED) is 0.476. The minimum absolute atomic E-state index is 0.0780. The van der Waals surface area contributed by atoms with Gasteiger partial charge in [-0.1, -0.05) is 36.4 Å². The molecule has 0 bridgehead atoms. The van der Waals surface area contributed by atoms with Gasteiger partial charge in [0.1, 0.15) is 15.7 Å². The molecule has 0 aliphatic heterocycles. The van der Waals surface area contributed by atoms with Gasteiger partial charge in [0.15, 0.2) is 0 Å². The number of halogens is 1. The second-order valence-electron chi connectivity index (χ2n) is 5.61. The zero-order chi connectivity index (χ0) is 18.0. The van der Waals surface area contributed by atoms with Gasteiger partial charge in [-0.05, 0) is 44.0 Å². The predicted molar refractivity (Wildman–Crippen MR) is 107 cm³/mol. The third kappa shape index (κ3) is 4.14. The number of thioether (sulfide) groups is 1. The van der Waals surface area contributed by atoms with Crippen LogP contribution in [0.25, 0.3) is 10.2 Å². The van der Waals surface area contributed by atoms with Crippen LogP contribution >= 0.6 is 34.7 Å². The van der Waals surface area contributed by atoms with Crippen molar-refractivity contribution in [1.82, 2.24) is 9.97 Å². The first kappa shape index (κ1) is 18.2. The van der Waals surface area contributed by atoms with E-state index in [1.54, 1.807) is 11.3 Å². The molecule has 1 amide bonds. The van der Waals surface area contributed by atoms with E-state index in [4.69, 9.17) is 11.6 Å². The van der Waals surface area contributed by atoms with E-state index in [-0.39, 0.29) is 11.7 Å². The number of nitrogens with one attached hydrogen (secondary N) is 1. The lowest BCUT2D eigenvalue weighted by molar-refractivity contribution is -0.113. The summed E-state index contributed by atoms with van der Waals surface area (Å²) >= 11 is 9.22. The van der Waals surface area contributed by atoms with Gasteiger partial charge < -0.3 is 5.32 Å². The Hall–Kier alpha value is -1.63. The van der Waals surface area contributed by atoms with E-state index in [1.807, 2.05) is 32.0 Å². The highest BCUT2D eigenvalue weighted by Crippen LogP contribution is 2.32. The van der Waals surface area contributed by atoms with Crippen molar-refractivity contribution in [3.63, 3.8) is 0 Å². The van der Waals surface area contributed by atoms with Gasteiger partial charge in [-0.2, -0.15) is 0 Å². The summed E-state index contributed by atoms with van der Waals surface area (Å²) in [5.41, 5.74) is 1.61. The zero-order valence-electron chi connectivity index (χ0n) is 14.2. The van der Waals surface area contributed by atoms with Crippen molar-refractivity contribution in [3.8, 4) is 0 Å². The Bertz CT molecular complexity index is 939. The molecule has 25 heavy (non-hydrogen) atoms. The molecule has 3 aromatic rings. The van der Waals surface area contributed by atoms with Gasteiger partial charge in [-0.25, -0.2) is 9.97 Å². The fraction of sp³-hybridized carbons (Fsp3) is 0.278. The Morgan fingerprint density at radius 3 is 2.88 bits per heavy atom. The molecule has 0 radical (unpaired) electrons. The normalized spacial score (nSPS) is 11.0. The highest BCUT2D eigenvalue weighted by Gasteiger charge is 2.13. The first-order chi connectivity index (χ1) is 12.0. The van der Waals surface area contributed by atoms with Crippen LogP contribution in [0.3, 0.4) is 0 Å². The van der Waals surface area contributed by atoms with Crippen molar-refractivity contribution in [1.29, 1.82) is 0 Å². The van der Waals surface area contributed by atoms with Crippen molar-refractivity contribution in [3.05, 3.63) is 45.6 Å². The third-order valence-electron chi connectivity index (χ3n) is 3.75. The van der Waals surface area contributed by atoms with Crippen LogP contribution in [0, 0.1) is 13.8 Å². The van der Waals surface area contributed by atoms with Gasteiger partial charge >= 0.3 is 0 Å². The van der Waals surface area contributed by atoms with Crippen molar-refractivity contribution in [2.75, 3.05) is 11.1 Å². The van der Waals surface area contributed by atoms with Crippen molar-refractivity contribution < 1.29 is 4.79 Å². The molecule has 3 rings (SSSR count). The fourth-order valence-corrected chi connectivity index (χ4v) is 4.49. The Morgan fingerprint density at radius 1 is 1.32 bits per heavy atom. The van der Waals surface area contributed by atoms with Crippen LogP contribution in [0.2, 0.25) is 5.02 Å². The minimum Gasteiger partial charge on any atom is -0.325 e. The number of fused-ring (bicyclic) bond motifs is 1. The number of hydrogen-bond acceptors (Lipinski definition) is 5. The predicted octanol–water partition coefficient (Wildman–Crippen LogP) is 5.25. The van der Waals surface area contributed by atoms with Crippen LogP contribution in [0.5, 0.6) is 0 Å². The third-order valence-corrected chi connectivity index (χ3v) is 6.32. The molecule has 0 aliphatic carbocycles. The van der Waals surface area contributed by atoms with Crippen molar-refractivity contribution in [2.45, 2.75) is 32.2 Å². The summed E-state index contributed by atoms with van der Waals surface area (Å²) in [4.78, 5) is 23.6. The average molecular weight is 392 g/mol. The molecule has 0 aliphatic rings. The van der Waals surface area contributed by atoms with Gasteiger partial charge in [0.05, 0.1) is 5.75 Å². The van der Waals surface area contributed by atoms with Crippen LogP contribution < -0.4 is 5.32 Å². The summed E-state index contributed by atoms with van der Waals surface area (Å²) in [6.07, 6.45) is 0.971.